The first kappa shape index (κ1) is 10.5. The summed E-state index contributed by atoms with van der Waals surface area (Å²) >= 11 is 0. The molecule has 15 heavy (non-hydrogen) atoms. The Kier molecular flexibility index (Phi) is 2.67. The molecule has 0 atom stereocenters. The standard InChI is InChI=1S/C11H19N3O/c1-11(2,8-6-4-3-5-7-8)9-13-14-10(12)15-9/h8H,3-7H2,1-2H3,(H2,12,14). The van der Waals surface area contributed by atoms with Crippen LogP contribution in [0.5, 0.6) is 0 Å². The maximum Gasteiger partial charge on any atom is 0.312 e. The number of nitrogens with zero attached hydrogens (tertiary/aromatic N) is 2. The topological polar surface area (TPSA) is 64.9 Å². The number of nitrogens with two attached hydrogens (primary N) is 1. The van der Waals surface area contributed by atoms with Crippen molar-refractivity contribution < 1.29 is 4.42 Å². The maximum atomic E-state index is 5.46. The molecular weight excluding hydrogens is 190 g/mol. The number of anilines is 1. The summed E-state index contributed by atoms with van der Waals surface area (Å²) in [6.07, 6.45) is 6.51. The lowest BCUT2D eigenvalue weighted by Gasteiger charge is -2.33. The second-order valence-electron chi connectivity index (χ2n) is 5.00. The van der Waals surface area contributed by atoms with Crippen LogP contribution in [-0.4, -0.2) is 10.2 Å². The van der Waals surface area contributed by atoms with Crippen LogP contribution in [0.3, 0.4) is 0 Å². The normalized spacial score (nSPS) is 19.3. The molecule has 0 unspecified atom stereocenters. The third-order valence-corrected chi connectivity index (χ3v) is 3.62. The smallest absolute Gasteiger partial charge is 0.312 e. The van der Waals surface area contributed by atoms with Crippen molar-refractivity contribution >= 4 is 6.01 Å². The highest BCUT2D eigenvalue weighted by atomic mass is 16.4. The molecule has 0 spiro atoms. The van der Waals surface area contributed by atoms with Gasteiger partial charge in [0.05, 0.1) is 0 Å². The Morgan fingerprint density at radius 3 is 2.40 bits per heavy atom. The summed E-state index contributed by atoms with van der Waals surface area (Å²) in [6.45, 7) is 4.35. The van der Waals surface area contributed by atoms with Gasteiger partial charge in [0, 0.05) is 5.41 Å². The quantitative estimate of drug-likeness (QED) is 0.812. The van der Waals surface area contributed by atoms with E-state index in [-0.39, 0.29) is 11.4 Å². The highest BCUT2D eigenvalue weighted by molar-refractivity contribution is 5.11. The zero-order chi connectivity index (χ0) is 10.9. The van der Waals surface area contributed by atoms with Gasteiger partial charge in [-0.1, -0.05) is 38.2 Å². The van der Waals surface area contributed by atoms with Crippen molar-refractivity contribution in [1.29, 1.82) is 0 Å². The van der Waals surface area contributed by atoms with Crippen molar-refractivity contribution in [2.75, 3.05) is 5.73 Å². The Morgan fingerprint density at radius 1 is 1.20 bits per heavy atom. The number of aromatic nitrogens is 2. The summed E-state index contributed by atoms with van der Waals surface area (Å²) < 4.78 is 5.36. The summed E-state index contributed by atoms with van der Waals surface area (Å²) in [6, 6.07) is 0.175. The van der Waals surface area contributed by atoms with Crippen LogP contribution >= 0.6 is 0 Å². The van der Waals surface area contributed by atoms with Gasteiger partial charge in [-0.05, 0) is 18.8 Å². The highest BCUT2D eigenvalue weighted by Gasteiger charge is 2.36. The van der Waals surface area contributed by atoms with E-state index >= 15 is 0 Å². The lowest BCUT2D eigenvalue weighted by Crippen LogP contribution is -2.30. The van der Waals surface area contributed by atoms with E-state index in [9.17, 15) is 0 Å². The predicted molar refractivity (Wildman–Crippen MR) is 58.3 cm³/mol. The minimum atomic E-state index is -0.0367. The molecule has 84 valence electrons. The molecule has 1 saturated carbocycles. The van der Waals surface area contributed by atoms with Crippen molar-refractivity contribution in [2.45, 2.75) is 51.4 Å². The fourth-order valence-corrected chi connectivity index (χ4v) is 2.49. The Labute approximate surface area is 90.3 Å². The SMILES string of the molecule is CC(C)(c1nnc(N)o1)C1CCCCC1. The van der Waals surface area contributed by atoms with E-state index in [0.717, 1.165) is 0 Å². The molecular formula is C11H19N3O. The van der Waals surface area contributed by atoms with E-state index in [1.807, 2.05) is 0 Å². The van der Waals surface area contributed by atoms with Gasteiger partial charge in [-0.25, -0.2) is 0 Å². The monoisotopic (exact) mass is 209 g/mol. The van der Waals surface area contributed by atoms with Gasteiger partial charge in [0.2, 0.25) is 5.89 Å². The third kappa shape index (κ3) is 1.98. The first-order chi connectivity index (χ1) is 7.10. The molecule has 0 aromatic carbocycles. The molecule has 1 fully saturated rings. The molecule has 0 radical (unpaired) electrons. The highest BCUT2D eigenvalue weighted by Crippen LogP contribution is 2.40. The first-order valence-electron chi connectivity index (χ1n) is 5.70. The molecule has 1 aliphatic rings. The fraction of sp³-hybridized carbons (Fsp3) is 0.818. The average molecular weight is 209 g/mol. The van der Waals surface area contributed by atoms with Crippen LogP contribution in [-0.2, 0) is 5.41 Å². The van der Waals surface area contributed by atoms with Gasteiger partial charge >= 0.3 is 6.01 Å². The molecule has 0 aliphatic heterocycles. The number of hydrogen-bond acceptors (Lipinski definition) is 4. The third-order valence-electron chi connectivity index (χ3n) is 3.62. The van der Waals surface area contributed by atoms with E-state index in [2.05, 4.69) is 24.0 Å². The van der Waals surface area contributed by atoms with Crippen molar-refractivity contribution in [1.82, 2.24) is 10.2 Å². The molecule has 4 nitrogen and oxygen atoms in total. The van der Waals surface area contributed by atoms with Gasteiger partial charge in [0.25, 0.3) is 0 Å². The largest absolute Gasteiger partial charge is 0.408 e. The zero-order valence-corrected chi connectivity index (χ0v) is 9.49. The van der Waals surface area contributed by atoms with E-state index in [1.165, 1.54) is 32.1 Å². The maximum absolute atomic E-state index is 5.46. The molecule has 2 rings (SSSR count). The van der Waals surface area contributed by atoms with Crippen molar-refractivity contribution in [3.8, 4) is 0 Å². The summed E-state index contributed by atoms with van der Waals surface area (Å²) in [5.74, 6) is 1.33. The Bertz CT molecular complexity index is 326. The molecule has 0 amide bonds. The van der Waals surface area contributed by atoms with Gasteiger partial charge in [-0.15, -0.1) is 5.10 Å². The van der Waals surface area contributed by atoms with Crippen LogP contribution < -0.4 is 5.73 Å². The van der Waals surface area contributed by atoms with Crippen LogP contribution in [0.1, 0.15) is 51.8 Å². The Balaban J connectivity index is 2.17. The van der Waals surface area contributed by atoms with Gasteiger partial charge in [-0.2, -0.15) is 0 Å². The summed E-state index contributed by atoms with van der Waals surface area (Å²) in [7, 11) is 0. The number of rotatable bonds is 2. The second kappa shape index (κ2) is 3.83. The lowest BCUT2D eigenvalue weighted by molar-refractivity contribution is 0.200. The zero-order valence-electron chi connectivity index (χ0n) is 9.49. The molecule has 1 aliphatic carbocycles. The predicted octanol–water partition coefficient (Wildman–Crippen LogP) is 2.51. The second-order valence-corrected chi connectivity index (χ2v) is 5.00. The Hall–Kier alpha value is -1.06. The van der Waals surface area contributed by atoms with Crippen LogP contribution in [0.15, 0.2) is 4.42 Å². The van der Waals surface area contributed by atoms with Crippen molar-refractivity contribution in [3.05, 3.63) is 5.89 Å². The minimum absolute atomic E-state index is 0.0367. The molecule has 1 heterocycles. The molecule has 4 heteroatoms. The minimum Gasteiger partial charge on any atom is -0.408 e. The van der Waals surface area contributed by atoms with Gasteiger partial charge in [0.1, 0.15) is 0 Å². The van der Waals surface area contributed by atoms with E-state index in [4.69, 9.17) is 10.2 Å². The van der Waals surface area contributed by atoms with Gasteiger partial charge in [-0.3, -0.25) is 0 Å². The summed E-state index contributed by atoms with van der Waals surface area (Å²) in [5.41, 5.74) is 5.43. The average Bonchev–Trinajstić information content (AvgIpc) is 2.67. The molecule has 2 N–H and O–H groups in total. The van der Waals surface area contributed by atoms with Crippen LogP contribution in [0, 0.1) is 5.92 Å². The first-order valence-corrected chi connectivity index (χ1v) is 5.70. The van der Waals surface area contributed by atoms with Crippen LogP contribution in [0.2, 0.25) is 0 Å². The Morgan fingerprint density at radius 2 is 1.87 bits per heavy atom. The van der Waals surface area contributed by atoms with E-state index in [0.29, 0.717) is 11.8 Å². The van der Waals surface area contributed by atoms with E-state index < -0.39 is 0 Å². The molecule has 1 aromatic rings. The van der Waals surface area contributed by atoms with E-state index in [1.54, 1.807) is 0 Å². The van der Waals surface area contributed by atoms with Crippen LogP contribution in [0.25, 0.3) is 0 Å². The summed E-state index contributed by atoms with van der Waals surface area (Å²) in [5, 5.41) is 7.76. The molecule has 1 aromatic heterocycles. The van der Waals surface area contributed by atoms with Crippen LogP contribution in [0.4, 0.5) is 6.01 Å². The summed E-state index contributed by atoms with van der Waals surface area (Å²) in [4.78, 5) is 0. The molecule has 0 bridgehead atoms. The fourth-order valence-electron chi connectivity index (χ4n) is 2.49. The number of hydrogen-bond donors (Lipinski definition) is 1. The number of nitrogen functional groups attached to an aromatic ring is 1. The van der Waals surface area contributed by atoms with Crippen molar-refractivity contribution in [2.24, 2.45) is 5.92 Å². The lowest BCUT2D eigenvalue weighted by atomic mass is 9.71. The van der Waals surface area contributed by atoms with Gasteiger partial charge < -0.3 is 10.2 Å². The van der Waals surface area contributed by atoms with Gasteiger partial charge in [0.15, 0.2) is 0 Å². The molecule has 0 saturated heterocycles. The van der Waals surface area contributed by atoms with Crippen molar-refractivity contribution in [3.63, 3.8) is 0 Å².